The van der Waals surface area contributed by atoms with Gasteiger partial charge in [-0.05, 0) is 32.1 Å². The Morgan fingerprint density at radius 3 is 2.68 bits per heavy atom. The van der Waals surface area contributed by atoms with Crippen LogP contribution in [-0.4, -0.2) is 65.0 Å². The zero-order chi connectivity index (χ0) is 14.0. The van der Waals surface area contributed by atoms with Crippen LogP contribution in [-0.2, 0) is 0 Å². The van der Waals surface area contributed by atoms with Crippen molar-refractivity contribution in [2.45, 2.75) is 12.5 Å². The van der Waals surface area contributed by atoms with E-state index in [1.807, 2.05) is 7.05 Å². The van der Waals surface area contributed by atoms with Crippen LogP contribution in [0.3, 0.4) is 0 Å². The van der Waals surface area contributed by atoms with Gasteiger partial charge in [-0.25, -0.2) is 9.78 Å². The van der Waals surface area contributed by atoms with Gasteiger partial charge in [0.1, 0.15) is 5.69 Å². The predicted molar refractivity (Wildman–Crippen MR) is 69.2 cm³/mol. The van der Waals surface area contributed by atoms with Crippen LogP contribution in [0.1, 0.15) is 27.3 Å². The van der Waals surface area contributed by atoms with Crippen LogP contribution in [0.4, 0.5) is 0 Å². The summed E-state index contributed by atoms with van der Waals surface area (Å²) in [4.78, 5) is 30.6. The van der Waals surface area contributed by atoms with Crippen LogP contribution in [0.15, 0.2) is 18.3 Å². The van der Waals surface area contributed by atoms with Gasteiger partial charge < -0.3 is 14.9 Å². The van der Waals surface area contributed by atoms with Crippen molar-refractivity contribution in [3.8, 4) is 0 Å². The van der Waals surface area contributed by atoms with E-state index in [-0.39, 0.29) is 17.6 Å². The van der Waals surface area contributed by atoms with Crippen molar-refractivity contribution < 1.29 is 14.7 Å². The number of carboxylic acids is 1. The van der Waals surface area contributed by atoms with Crippen LogP contribution >= 0.6 is 0 Å². The highest BCUT2D eigenvalue weighted by molar-refractivity contribution is 5.95. The maximum atomic E-state index is 12.2. The molecule has 19 heavy (non-hydrogen) atoms. The van der Waals surface area contributed by atoms with Crippen molar-refractivity contribution in [2.24, 2.45) is 0 Å². The molecule has 6 nitrogen and oxygen atoms in total. The lowest BCUT2D eigenvalue weighted by molar-refractivity contribution is 0.0686. The summed E-state index contributed by atoms with van der Waals surface area (Å²) >= 11 is 0. The second-order valence-corrected chi connectivity index (χ2v) is 4.86. The smallest absolute Gasteiger partial charge is 0.354 e. The number of rotatable bonds is 3. The van der Waals surface area contributed by atoms with Crippen molar-refractivity contribution in [1.82, 2.24) is 14.8 Å². The molecule has 1 unspecified atom stereocenters. The molecule has 1 aliphatic rings. The number of aromatic nitrogens is 1. The normalized spacial score (nSPS) is 19.4. The van der Waals surface area contributed by atoms with Crippen LogP contribution in [0.25, 0.3) is 0 Å². The first-order chi connectivity index (χ1) is 8.99. The molecule has 1 aromatic heterocycles. The fraction of sp³-hybridized carbons (Fsp3) is 0.462. The zero-order valence-corrected chi connectivity index (χ0v) is 11.0. The molecule has 1 fully saturated rings. The summed E-state index contributed by atoms with van der Waals surface area (Å²) in [6.07, 6.45) is 2.28. The zero-order valence-electron chi connectivity index (χ0n) is 11.0. The Balaban J connectivity index is 2.08. The second kappa shape index (κ2) is 5.36. The van der Waals surface area contributed by atoms with Gasteiger partial charge in [-0.2, -0.15) is 0 Å². The summed E-state index contributed by atoms with van der Waals surface area (Å²) in [5.41, 5.74) is 0.363. The number of hydrogen-bond acceptors (Lipinski definition) is 4. The molecule has 0 spiro atoms. The molecule has 0 saturated carbocycles. The quantitative estimate of drug-likeness (QED) is 0.862. The van der Waals surface area contributed by atoms with Gasteiger partial charge in [0.05, 0.1) is 5.56 Å². The number of carboxylic acid groups (broad SMARTS) is 1. The number of nitrogens with zero attached hydrogens (tertiary/aromatic N) is 3. The van der Waals surface area contributed by atoms with Gasteiger partial charge in [0.15, 0.2) is 0 Å². The van der Waals surface area contributed by atoms with Crippen molar-refractivity contribution in [3.63, 3.8) is 0 Å². The summed E-state index contributed by atoms with van der Waals surface area (Å²) in [5.74, 6) is -1.21. The van der Waals surface area contributed by atoms with E-state index in [9.17, 15) is 9.59 Å². The van der Waals surface area contributed by atoms with E-state index >= 15 is 0 Å². The molecule has 2 rings (SSSR count). The minimum Gasteiger partial charge on any atom is -0.477 e. The summed E-state index contributed by atoms with van der Waals surface area (Å²) in [5, 5.41) is 8.76. The van der Waals surface area contributed by atoms with Crippen LogP contribution in [0.2, 0.25) is 0 Å². The van der Waals surface area contributed by atoms with E-state index in [1.165, 1.54) is 18.3 Å². The third-order valence-corrected chi connectivity index (χ3v) is 3.46. The number of carbonyl (C=O) groups is 2. The van der Waals surface area contributed by atoms with Crippen molar-refractivity contribution in [3.05, 3.63) is 29.6 Å². The summed E-state index contributed by atoms with van der Waals surface area (Å²) < 4.78 is 0. The van der Waals surface area contributed by atoms with E-state index in [1.54, 1.807) is 11.9 Å². The van der Waals surface area contributed by atoms with E-state index in [4.69, 9.17) is 5.11 Å². The highest BCUT2D eigenvalue weighted by Crippen LogP contribution is 2.15. The molecule has 0 radical (unpaired) electrons. The van der Waals surface area contributed by atoms with Crippen molar-refractivity contribution >= 4 is 11.9 Å². The third kappa shape index (κ3) is 2.90. The lowest BCUT2D eigenvalue weighted by Crippen LogP contribution is -2.38. The van der Waals surface area contributed by atoms with Crippen molar-refractivity contribution in [1.29, 1.82) is 0 Å². The topological polar surface area (TPSA) is 73.7 Å². The van der Waals surface area contributed by atoms with E-state index in [0.717, 1.165) is 19.5 Å². The van der Waals surface area contributed by atoms with Crippen LogP contribution in [0, 0.1) is 0 Å². The first kappa shape index (κ1) is 13.5. The Hall–Kier alpha value is -1.95. The van der Waals surface area contributed by atoms with Gasteiger partial charge in [-0.15, -0.1) is 0 Å². The number of carbonyl (C=O) groups excluding carboxylic acids is 1. The molecule has 1 aromatic rings. The number of pyridine rings is 1. The van der Waals surface area contributed by atoms with E-state index in [2.05, 4.69) is 9.88 Å². The Bertz CT molecular complexity index is 486. The Morgan fingerprint density at radius 2 is 2.21 bits per heavy atom. The summed E-state index contributed by atoms with van der Waals surface area (Å²) in [6.45, 7) is 1.85. The van der Waals surface area contributed by atoms with Gasteiger partial charge in [0.25, 0.3) is 5.91 Å². The monoisotopic (exact) mass is 263 g/mol. The molecular formula is C13H17N3O3. The molecule has 2 heterocycles. The maximum absolute atomic E-state index is 12.2. The molecule has 0 bridgehead atoms. The van der Waals surface area contributed by atoms with E-state index < -0.39 is 5.97 Å². The molecule has 1 N–H and O–H groups in total. The number of hydrogen-bond donors (Lipinski definition) is 1. The first-order valence-electron chi connectivity index (χ1n) is 6.14. The minimum atomic E-state index is -1.09. The molecule has 1 atom stereocenters. The summed E-state index contributed by atoms with van der Waals surface area (Å²) in [7, 11) is 3.80. The molecule has 1 saturated heterocycles. The number of aromatic carboxylic acids is 1. The SMILES string of the molecule is CN1CCC(N(C)C(=O)c2ccc(C(=O)O)nc2)C1. The molecule has 102 valence electrons. The Labute approximate surface area is 111 Å². The second-order valence-electron chi connectivity index (χ2n) is 4.86. The van der Waals surface area contributed by atoms with Crippen molar-refractivity contribution in [2.75, 3.05) is 27.2 Å². The predicted octanol–water partition coefficient (Wildman–Crippen LogP) is 0.556. The molecule has 0 aliphatic carbocycles. The number of amides is 1. The lowest BCUT2D eigenvalue weighted by Gasteiger charge is -2.24. The van der Waals surface area contributed by atoms with Gasteiger partial charge in [0.2, 0.25) is 0 Å². The fourth-order valence-electron chi connectivity index (χ4n) is 2.24. The number of likely N-dealkylation sites (tertiary alicyclic amines) is 1. The molecule has 1 aliphatic heterocycles. The van der Waals surface area contributed by atoms with E-state index in [0.29, 0.717) is 5.56 Å². The maximum Gasteiger partial charge on any atom is 0.354 e. The van der Waals surface area contributed by atoms with Gasteiger partial charge in [-0.3, -0.25) is 4.79 Å². The molecule has 1 amide bonds. The van der Waals surface area contributed by atoms with Gasteiger partial charge in [-0.1, -0.05) is 0 Å². The van der Waals surface area contributed by atoms with Crippen LogP contribution < -0.4 is 0 Å². The third-order valence-electron chi connectivity index (χ3n) is 3.46. The van der Waals surface area contributed by atoms with Gasteiger partial charge >= 0.3 is 5.97 Å². The highest BCUT2D eigenvalue weighted by Gasteiger charge is 2.27. The Kier molecular flexibility index (Phi) is 3.80. The highest BCUT2D eigenvalue weighted by atomic mass is 16.4. The average Bonchev–Trinajstić information content (AvgIpc) is 2.84. The molecule has 6 heteroatoms. The number of likely N-dealkylation sites (N-methyl/N-ethyl adjacent to an activating group) is 2. The standard InChI is InChI=1S/C13H17N3O3/c1-15-6-5-10(8-15)16(2)12(17)9-3-4-11(13(18)19)14-7-9/h3-4,7,10H,5-6,8H2,1-2H3,(H,18,19). The fourth-order valence-corrected chi connectivity index (χ4v) is 2.24. The summed E-state index contributed by atoms with van der Waals surface area (Å²) in [6, 6.07) is 3.06. The molecular weight excluding hydrogens is 246 g/mol. The Morgan fingerprint density at radius 1 is 1.47 bits per heavy atom. The molecule has 0 aromatic carbocycles. The minimum absolute atomic E-state index is 0.0557. The first-order valence-corrected chi connectivity index (χ1v) is 6.14. The van der Waals surface area contributed by atoms with Crippen LogP contribution in [0.5, 0.6) is 0 Å². The van der Waals surface area contributed by atoms with Gasteiger partial charge in [0, 0.05) is 25.8 Å². The lowest BCUT2D eigenvalue weighted by atomic mass is 10.2. The average molecular weight is 263 g/mol. The largest absolute Gasteiger partial charge is 0.477 e.